The van der Waals surface area contributed by atoms with Gasteiger partial charge < -0.3 is 14.4 Å². The van der Waals surface area contributed by atoms with E-state index < -0.39 is 0 Å². The Morgan fingerprint density at radius 1 is 1.00 bits per heavy atom. The minimum Gasteiger partial charge on any atom is -0.491 e. The summed E-state index contributed by atoms with van der Waals surface area (Å²) in [7, 11) is 0. The van der Waals surface area contributed by atoms with Gasteiger partial charge in [-0.2, -0.15) is 0 Å². The average molecular weight is 474 g/mol. The number of amides is 1. The number of hydrogen-bond acceptors (Lipinski definition) is 5. The van der Waals surface area contributed by atoms with Crippen LogP contribution in [0.1, 0.15) is 35.2 Å². The zero-order valence-corrected chi connectivity index (χ0v) is 20.4. The van der Waals surface area contributed by atoms with Crippen LogP contribution >= 0.6 is 0 Å². The zero-order valence-electron chi connectivity index (χ0n) is 20.4. The summed E-state index contributed by atoms with van der Waals surface area (Å²) >= 11 is 0. The summed E-state index contributed by atoms with van der Waals surface area (Å²) in [6.45, 7) is 6.45. The van der Waals surface area contributed by atoms with Gasteiger partial charge in [-0.3, -0.25) is 14.7 Å². The number of likely N-dealkylation sites (tertiary alicyclic amines) is 1. The number of para-hydroxylation sites is 1. The number of carbonyl (C=O) groups is 1. The van der Waals surface area contributed by atoms with Crippen LogP contribution < -0.4 is 4.74 Å². The molecular formula is C29H35N3O3. The molecule has 2 saturated heterocycles. The van der Waals surface area contributed by atoms with Gasteiger partial charge in [-0.25, -0.2) is 0 Å². The third-order valence-electron chi connectivity index (χ3n) is 7.30. The molecule has 184 valence electrons. The van der Waals surface area contributed by atoms with Gasteiger partial charge in [-0.1, -0.05) is 30.3 Å². The van der Waals surface area contributed by atoms with Gasteiger partial charge in [0, 0.05) is 50.5 Å². The van der Waals surface area contributed by atoms with Gasteiger partial charge in [0.2, 0.25) is 0 Å². The third-order valence-corrected chi connectivity index (χ3v) is 7.30. The van der Waals surface area contributed by atoms with Crippen molar-refractivity contribution in [3.63, 3.8) is 0 Å². The predicted molar refractivity (Wildman–Crippen MR) is 138 cm³/mol. The normalized spacial score (nSPS) is 19.4. The van der Waals surface area contributed by atoms with Gasteiger partial charge >= 0.3 is 0 Å². The van der Waals surface area contributed by atoms with Crippen LogP contribution in [-0.4, -0.2) is 73.2 Å². The van der Waals surface area contributed by atoms with Crippen molar-refractivity contribution in [3.05, 3.63) is 72.1 Å². The lowest BCUT2D eigenvalue weighted by Crippen LogP contribution is -2.38. The largest absolute Gasteiger partial charge is 0.491 e. The summed E-state index contributed by atoms with van der Waals surface area (Å²) in [5.74, 6) is 1.34. The van der Waals surface area contributed by atoms with Gasteiger partial charge in [-0.15, -0.1) is 0 Å². The van der Waals surface area contributed by atoms with E-state index in [1.165, 1.54) is 16.3 Å². The molecule has 0 aliphatic carbocycles. The summed E-state index contributed by atoms with van der Waals surface area (Å²) in [6.07, 6.45) is 8.05. The lowest BCUT2D eigenvalue weighted by atomic mass is 9.91. The SMILES string of the molecule is O=C(c1ccccc1OCCN1CCOCC1)N1CCCC(Cc2cccc3ccncc23)CC1. The van der Waals surface area contributed by atoms with E-state index in [0.717, 1.165) is 71.6 Å². The van der Waals surface area contributed by atoms with E-state index in [4.69, 9.17) is 9.47 Å². The monoisotopic (exact) mass is 473 g/mol. The van der Waals surface area contributed by atoms with Gasteiger partial charge in [0.05, 0.1) is 18.8 Å². The summed E-state index contributed by atoms with van der Waals surface area (Å²) in [5, 5.41) is 2.49. The molecule has 1 aromatic heterocycles. The maximum absolute atomic E-state index is 13.5. The first-order valence-electron chi connectivity index (χ1n) is 12.9. The Labute approximate surface area is 207 Å². The Hall–Kier alpha value is -2.96. The first kappa shape index (κ1) is 23.8. The van der Waals surface area contributed by atoms with E-state index in [2.05, 4.69) is 34.1 Å². The quantitative estimate of drug-likeness (QED) is 0.508. The van der Waals surface area contributed by atoms with Crippen LogP contribution in [0.15, 0.2) is 60.9 Å². The molecule has 2 aliphatic rings. The standard InChI is InChI=1S/C29H35N3O3/c33-29(26-8-1-2-9-28(26)35-20-17-31-15-18-34-19-16-31)32-13-4-5-23(11-14-32)21-25-7-3-6-24-10-12-30-22-27(24)25/h1-3,6-10,12,22-23H,4-5,11,13-21H2. The van der Waals surface area contributed by atoms with Crippen molar-refractivity contribution in [2.75, 3.05) is 52.5 Å². The van der Waals surface area contributed by atoms with E-state index in [0.29, 0.717) is 23.8 Å². The van der Waals surface area contributed by atoms with Crippen LogP contribution in [0.3, 0.4) is 0 Å². The summed E-state index contributed by atoms with van der Waals surface area (Å²) in [4.78, 5) is 22.2. The molecule has 1 amide bonds. The second-order valence-corrected chi connectivity index (χ2v) is 9.61. The van der Waals surface area contributed by atoms with Crippen molar-refractivity contribution in [1.29, 1.82) is 0 Å². The molecule has 5 rings (SSSR count). The fourth-order valence-corrected chi connectivity index (χ4v) is 5.29. The molecule has 3 aromatic rings. The molecule has 0 bridgehead atoms. The maximum atomic E-state index is 13.5. The molecule has 2 aliphatic heterocycles. The van der Waals surface area contributed by atoms with Crippen molar-refractivity contribution in [2.45, 2.75) is 25.7 Å². The van der Waals surface area contributed by atoms with Gasteiger partial charge in [0.1, 0.15) is 12.4 Å². The second-order valence-electron chi connectivity index (χ2n) is 9.61. The van der Waals surface area contributed by atoms with Crippen molar-refractivity contribution in [1.82, 2.24) is 14.8 Å². The molecule has 1 atom stereocenters. The molecule has 1 unspecified atom stereocenters. The second kappa shape index (κ2) is 11.6. The number of nitrogens with zero attached hydrogens (tertiary/aromatic N) is 3. The molecule has 2 fully saturated rings. The Bertz CT molecular complexity index is 1120. The van der Waals surface area contributed by atoms with Crippen molar-refractivity contribution in [3.8, 4) is 5.75 Å². The third kappa shape index (κ3) is 6.00. The molecule has 0 spiro atoms. The molecule has 0 N–H and O–H groups in total. The van der Waals surface area contributed by atoms with E-state index in [1.807, 2.05) is 41.6 Å². The summed E-state index contributed by atoms with van der Waals surface area (Å²) in [6, 6.07) is 16.3. The lowest BCUT2D eigenvalue weighted by Gasteiger charge is -2.26. The van der Waals surface area contributed by atoms with Gasteiger partial charge in [0.15, 0.2) is 0 Å². The summed E-state index contributed by atoms with van der Waals surface area (Å²) < 4.78 is 11.5. The molecule has 0 saturated carbocycles. The number of rotatable bonds is 7. The Morgan fingerprint density at radius 3 is 2.80 bits per heavy atom. The van der Waals surface area contributed by atoms with Crippen LogP contribution in [0.4, 0.5) is 0 Å². The lowest BCUT2D eigenvalue weighted by molar-refractivity contribution is 0.0321. The number of fused-ring (bicyclic) bond motifs is 1. The van der Waals surface area contributed by atoms with Crippen molar-refractivity contribution >= 4 is 16.7 Å². The van der Waals surface area contributed by atoms with Gasteiger partial charge in [0.25, 0.3) is 5.91 Å². The number of carbonyl (C=O) groups excluding carboxylic acids is 1. The minimum absolute atomic E-state index is 0.0852. The van der Waals surface area contributed by atoms with E-state index >= 15 is 0 Å². The molecule has 3 heterocycles. The highest BCUT2D eigenvalue weighted by Gasteiger charge is 2.24. The van der Waals surface area contributed by atoms with E-state index in [-0.39, 0.29) is 5.91 Å². The average Bonchev–Trinajstić information content (AvgIpc) is 3.15. The Morgan fingerprint density at radius 2 is 1.89 bits per heavy atom. The van der Waals surface area contributed by atoms with E-state index in [1.54, 1.807) is 0 Å². The fourth-order valence-electron chi connectivity index (χ4n) is 5.29. The first-order chi connectivity index (χ1) is 17.3. The highest BCUT2D eigenvalue weighted by molar-refractivity contribution is 5.97. The minimum atomic E-state index is 0.0852. The number of morpholine rings is 1. The summed E-state index contributed by atoms with van der Waals surface area (Å²) in [5.41, 5.74) is 2.03. The van der Waals surface area contributed by atoms with E-state index in [9.17, 15) is 4.79 Å². The molecule has 6 heteroatoms. The Kier molecular flexibility index (Phi) is 7.91. The smallest absolute Gasteiger partial charge is 0.257 e. The molecule has 2 aromatic carbocycles. The number of pyridine rings is 1. The topological polar surface area (TPSA) is 54.9 Å². The van der Waals surface area contributed by atoms with Crippen LogP contribution in [0, 0.1) is 5.92 Å². The number of aromatic nitrogens is 1. The van der Waals surface area contributed by atoms with Crippen LogP contribution in [0.5, 0.6) is 5.75 Å². The van der Waals surface area contributed by atoms with Gasteiger partial charge in [-0.05, 0) is 60.7 Å². The molecule has 6 nitrogen and oxygen atoms in total. The number of ether oxygens (including phenoxy) is 2. The van der Waals surface area contributed by atoms with Crippen LogP contribution in [0.25, 0.3) is 10.8 Å². The Balaban J connectivity index is 1.19. The fraction of sp³-hybridized carbons (Fsp3) is 0.448. The first-order valence-corrected chi connectivity index (χ1v) is 12.9. The predicted octanol–water partition coefficient (Wildman–Crippen LogP) is 4.43. The van der Waals surface area contributed by atoms with Crippen molar-refractivity contribution in [2.24, 2.45) is 5.92 Å². The zero-order chi connectivity index (χ0) is 23.9. The molecule has 0 radical (unpaired) electrons. The van der Waals surface area contributed by atoms with Crippen molar-refractivity contribution < 1.29 is 14.3 Å². The molecule has 35 heavy (non-hydrogen) atoms. The van der Waals surface area contributed by atoms with Crippen LogP contribution in [0.2, 0.25) is 0 Å². The number of hydrogen-bond donors (Lipinski definition) is 0. The highest BCUT2D eigenvalue weighted by atomic mass is 16.5. The molecular weight excluding hydrogens is 438 g/mol. The van der Waals surface area contributed by atoms with Crippen LogP contribution in [-0.2, 0) is 11.2 Å². The number of benzene rings is 2. The highest BCUT2D eigenvalue weighted by Crippen LogP contribution is 2.28. The maximum Gasteiger partial charge on any atom is 0.257 e.